The number of aryl methyl sites for hydroxylation is 1. The minimum Gasteiger partial charge on any atom is -0.489 e. The van der Waals surface area contributed by atoms with Crippen molar-refractivity contribution in [3.05, 3.63) is 58.6 Å². The van der Waals surface area contributed by atoms with Crippen molar-refractivity contribution in [3.63, 3.8) is 0 Å². The van der Waals surface area contributed by atoms with Crippen LogP contribution in [0.25, 0.3) is 0 Å². The third kappa shape index (κ3) is 2.54. The largest absolute Gasteiger partial charge is 0.489 e. The van der Waals surface area contributed by atoms with E-state index in [-0.39, 0.29) is 6.04 Å². The topological polar surface area (TPSA) is 21.3 Å². The molecular weight excluding hydrogens is 258 g/mol. The highest BCUT2D eigenvalue weighted by atomic mass is 35.5. The Morgan fingerprint density at radius 2 is 2.00 bits per heavy atom. The first-order valence-corrected chi connectivity index (χ1v) is 6.92. The lowest BCUT2D eigenvalue weighted by Gasteiger charge is -2.28. The van der Waals surface area contributed by atoms with Crippen molar-refractivity contribution in [1.29, 1.82) is 0 Å². The second-order valence-electron chi connectivity index (χ2n) is 4.74. The highest BCUT2D eigenvalue weighted by Gasteiger charge is 2.20. The molecule has 0 saturated carbocycles. The Bertz CT molecular complexity index is 580. The maximum Gasteiger partial charge on any atom is 0.144 e. The molecule has 3 heteroatoms. The first kappa shape index (κ1) is 12.4. The SMILES string of the molecule is CCc1ccc(C2COc3cc(Cl)ccc3N2)cc1. The van der Waals surface area contributed by atoms with Crippen LogP contribution < -0.4 is 10.1 Å². The minimum atomic E-state index is 0.194. The van der Waals surface area contributed by atoms with Crippen LogP contribution in [0.5, 0.6) is 5.75 Å². The Morgan fingerprint density at radius 1 is 1.21 bits per heavy atom. The standard InChI is InChI=1S/C16H16ClNO/c1-2-11-3-5-12(6-4-11)15-10-19-16-9-13(17)7-8-14(16)18-15/h3-9,15,18H,2,10H2,1H3. The fraction of sp³-hybridized carbons (Fsp3) is 0.250. The van der Waals surface area contributed by atoms with E-state index in [4.69, 9.17) is 16.3 Å². The average molecular weight is 274 g/mol. The maximum atomic E-state index is 5.96. The number of benzene rings is 2. The van der Waals surface area contributed by atoms with Gasteiger partial charge in [-0.15, -0.1) is 0 Å². The molecule has 2 nitrogen and oxygen atoms in total. The third-order valence-electron chi connectivity index (χ3n) is 3.47. The van der Waals surface area contributed by atoms with E-state index >= 15 is 0 Å². The fourth-order valence-corrected chi connectivity index (χ4v) is 2.46. The number of ether oxygens (including phenoxy) is 1. The van der Waals surface area contributed by atoms with E-state index in [0.29, 0.717) is 11.6 Å². The van der Waals surface area contributed by atoms with Crippen molar-refractivity contribution in [2.45, 2.75) is 19.4 Å². The molecule has 0 bridgehead atoms. The van der Waals surface area contributed by atoms with Crippen LogP contribution in [0, 0.1) is 0 Å². The molecule has 3 rings (SSSR count). The molecule has 2 aromatic rings. The molecule has 2 aromatic carbocycles. The van der Waals surface area contributed by atoms with Crippen molar-refractivity contribution in [3.8, 4) is 5.75 Å². The van der Waals surface area contributed by atoms with Gasteiger partial charge >= 0.3 is 0 Å². The van der Waals surface area contributed by atoms with Crippen LogP contribution in [0.2, 0.25) is 5.02 Å². The summed E-state index contributed by atoms with van der Waals surface area (Å²) in [6, 6.07) is 14.6. The Hall–Kier alpha value is -1.67. The molecule has 1 heterocycles. The van der Waals surface area contributed by atoms with Gasteiger partial charge < -0.3 is 10.1 Å². The Labute approximate surface area is 118 Å². The molecule has 0 fully saturated rings. The molecule has 0 saturated heterocycles. The van der Waals surface area contributed by atoms with E-state index in [2.05, 4.69) is 36.5 Å². The van der Waals surface area contributed by atoms with E-state index in [1.54, 1.807) is 0 Å². The zero-order valence-electron chi connectivity index (χ0n) is 10.8. The van der Waals surface area contributed by atoms with Gasteiger partial charge in [-0.05, 0) is 29.7 Å². The molecular formula is C16H16ClNO. The van der Waals surface area contributed by atoms with Crippen LogP contribution in [0.1, 0.15) is 24.1 Å². The summed E-state index contributed by atoms with van der Waals surface area (Å²) in [5, 5.41) is 4.19. The summed E-state index contributed by atoms with van der Waals surface area (Å²) in [6.45, 7) is 2.79. The summed E-state index contributed by atoms with van der Waals surface area (Å²) in [6.07, 6.45) is 1.07. The van der Waals surface area contributed by atoms with Crippen LogP contribution in [0.4, 0.5) is 5.69 Å². The van der Waals surface area contributed by atoms with Gasteiger partial charge in [0.1, 0.15) is 12.4 Å². The lowest BCUT2D eigenvalue weighted by Crippen LogP contribution is -2.23. The van der Waals surface area contributed by atoms with Crippen LogP contribution in [0.3, 0.4) is 0 Å². The first-order chi connectivity index (χ1) is 9.26. The van der Waals surface area contributed by atoms with Gasteiger partial charge in [-0.25, -0.2) is 0 Å². The van der Waals surface area contributed by atoms with Gasteiger partial charge in [0, 0.05) is 11.1 Å². The summed E-state index contributed by atoms with van der Waals surface area (Å²) in [5.41, 5.74) is 3.60. The van der Waals surface area contributed by atoms with E-state index in [1.807, 2.05) is 18.2 Å². The van der Waals surface area contributed by atoms with Gasteiger partial charge in [-0.1, -0.05) is 42.8 Å². The normalized spacial score (nSPS) is 17.3. The summed E-state index contributed by atoms with van der Waals surface area (Å²) in [4.78, 5) is 0. The number of halogens is 1. The highest BCUT2D eigenvalue weighted by molar-refractivity contribution is 6.30. The highest BCUT2D eigenvalue weighted by Crippen LogP contribution is 2.35. The maximum absolute atomic E-state index is 5.96. The quantitative estimate of drug-likeness (QED) is 0.873. The van der Waals surface area contributed by atoms with E-state index in [0.717, 1.165) is 17.9 Å². The average Bonchev–Trinajstić information content (AvgIpc) is 2.47. The van der Waals surface area contributed by atoms with Crippen molar-refractivity contribution in [2.24, 2.45) is 0 Å². The molecule has 0 amide bonds. The van der Waals surface area contributed by atoms with Gasteiger partial charge in [0.2, 0.25) is 0 Å². The van der Waals surface area contributed by atoms with Crippen LogP contribution >= 0.6 is 11.6 Å². The first-order valence-electron chi connectivity index (χ1n) is 6.54. The molecule has 0 radical (unpaired) electrons. The molecule has 0 aliphatic carbocycles. The number of nitrogens with one attached hydrogen (secondary N) is 1. The van der Waals surface area contributed by atoms with Gasteiger partial charge in [0.05, 0.1) is 11.7 Å². The van der Waals surface area contributed by atoms with Crippen LogP contribution in [-0.4, -0.2) is 6.61 Å². The van der Waals surface area contributed by atoms with Gasteiger partial charge in [0.15, 0.2) is 0 Å². The molecule has 0 spiro atoms. The lowest BCUT2D eigenvalue weighted by molar-refractivity contribution is 0.286. The second kappa shape index (κ2) is 5.14. The minimum absolute atomic E-state index is 0.194. The third-order valence-corrected chi connectivity index (χ3v) is 3.70. The zero-order chi connectivity index (χ0) is 13.2. The lowest BCUT2D eigenvalue weighted by atomic mass is 10.0. The number of rotatable bonds is 2. The predicted molar refractivity (Wildman–Crippen MR) is 79.1 cm³/mol. The van der Waals surface area contributed by atoms with E-state index in [9.17, 15) is 0 Å². The molecule has 1 N–H and O–H groups in total. The Morgan fingerprint density at radius 3 is 2.74 bits per heavy atom. The summed E-state index contributed by atoms with van der Waals surface area (Å²) < 4.78 is 5.78. The van der Waals surface area contributed by atoms with Crippen LogP contribution in [-0.2, 0) is 6.42 Å². The Balaban J connectivity index is 1.82. The Kier molecular flexibility index (Phi) is 3.34. The smallest absolute Gasteiger partial charge is 0.144 e. The summed E-state index contributed by atoms with van der Waals surface area (Å²) in [7, 11) is 0. The van der Waals surface area contributed by atoms with Crippen LogP contribution in [0.15, 0.2) is 42.5 Å². The monoisotopic (exact) mass is 273 g/mol. The number of anilines is 1. The zero-order valence-corrected chi connectivity index (χ0v) is 11.6. The summed E-state index contributed by atoms with van der Waals surface area (Å²) in [5.74, 6) is 0.828. The molecule has 98 valence electrons. The van der Waals surface area contributed by atoms with Crippen molar-refractivity contribution in [2.75, 3.05) is 11.9 Å². The van der Waals surface area contributed by atoms with Crippen molar-refractivity contribution < 1.29 is 4.74 Å². The van der Waals surface area contributed by atoms with Crippen molar-refractivity contribution >= 4 is 17.3 Å². The molecule has 1 atom stereocenters. The van der Waals surface area contributed by atoms with E-state index in [1.165, 1.54) is 11.1 Å². The number of fused-ring (bicyclic) bond motifs is 1. The fourth-order valence-electron chi connectivity index (χ4n) is 2.30. The molecule has 1 unspecified atom stereocenters. The molecule has 0 aromatic heterocycles. The number of hydrogen-bond donors (Lipinski definition) is 1. The summed E-state index contributed by atoms with van der Waals surface area (Å²) >= 11 is 5.96. The second-order valence-corrected chi connectivity index (χ2v) is 5.18. The molecule has 1 aliphatic rings. The molecule has 1 aliphatic heterocycles. The van der Waals surface area contributed by atoms with Gasteiger partial charge in [-0.3, -0.25) is 0 Å². The van der Waals surface area contributed by atoms with Crippen molar-refractivity contribution in [1.82, 2.24) is 0 Å². The van der Waals surface area contributed by atoms with Gasteiger partial charge in [-0.2, -0.15) is 0 Å². The number of hydrogen-bond acceptors (Lipinski definition) is 2. The van der Waals surface area contributed by atoms with E-state index < -0.39 is 0 Å². The van der Waals surface area contributed by atoms with Gasteiger partial charge in [0.25, 0.3) is 0 Å². The molecule has 19 heavy (non-hydrogen) atoms. The predicted octanol–water partition coefficient (Wildman–Crippen LogP) is 4.45.